The molecule has 0 spiro atoms. The highest BCUT2D eigenvalue weighted by molar-refractivity contribution is 4.92. The van der Waals surface area contributed by atoms with Crippen molar-refractivity contribution in [2.75, 3.05) is 13.1 Å². The van der Waals surface area contributed by atoms with Crippen molar-refractivity contribution in [3.05, 3.63) is 11.6 Å². The fraction of sp³-hybridized carbons (Fsp3) is 0.800. The molecule has 0 unspecified atom stereocenters. The molecule has 0 aliphatic carbocycles. The second-order valence-corrected chi connectivity index (χ2v) is 3.23. The molecule has 0 aliphatic rings. The van der Waals surface area contributed by atoms with E-state index in [1.165, 1.54) is 0 Å². The zero-order valence-corrected chi connectivity index (χ0v) is 9.38. The summed E-state index contributed by atoms with van der Waals surface area (Å²) >= 11 is 0. The van der Waals surface area contributed by atoms with Crippen molar-refractivity contribution < 1.29 is 0 Å². The summed E-state index contributed by atoms with van der Waals surface area (Å²) in [4.78, 5) is 4.45. The Morgan fingerprint density at radius 3 is 2.57 bits per heavy atom. The van der Waals surface area contributed by atoms with Crippen LogP contribution in [-0.2, 0) is 19.4 Å². The van der Waals surface area contributed by atoms with Gasteiger partial charge < -0.3 is 5.32 Å². The number of aromatic nitrogens is 3. The van der Waals surface area contributed by atoms with E-state index in [-0.39, 0.29) is 0 Å². The van der Waals surface area contributed by atoms with Crippen LogP contribution in [-0.4, -0.2) is 27.9 Å². The molecule has 1 rings (SSSR count). The molecule has 0 amide bonds. The molecule has 4 heteroatoms. The molecule has 0 saturated heterocycles. The summed E-state index contributed by atoms with van der Waals surface area (Å²) in [5, 5.41) is 7.72. The van der Waals surface area contributed by atoms with Gasteiger partial charge in [0.05, 0.1) is 6.54 Å². The van der Waals surface area contributed by atoms with Crippen molar-refractivity contribution in [2.24, 2.45) is 0 Å². The maximum Gasteiger partial charge on any atom is 0.150 e. The van der Waals surface area contributed by atoms with E-state index in [1.54, 1.807) is 0 Å². The highest BCUT2D eigenvalue weighted by Crippen LogP contribution is 2.00. The topological polar surface area (TPSA) is 42.7 Å². The summed E-state index contributed by atoms with van der Waals surface area (Å²) in [7, 11) is 0. The van der Waals surface area contributed by atoms with Gasteiger partial charge in [0.1, 0.15) is 5.82 Å². The van der Waals surface area contributed by atoms with E-state index < -0.39 is 0 Å². The third kappa shape index (κ3) is 2.80. The molecule has 0 aromatic carbocycles. The minimum Gasteiger partial charge on any atom is -0.315 e. The first-order valence-electron chi connectivity index (χ1n) is 5.45. The Kier molecular flexibility index (Phi) is 4.59. The Morgan fingerprint density at radius 1 is 1.21 bits per heavy atom. The van der Waals surface area contributed by atoms with Crippen LogP contribution in [0.4, 0.5) is 0 Å². The zero-order chi connectivity index (χ0) is 10.4. The molecule has 1 aromatic heterocycles. The van der Waals surface area contributed by atoms with Gasteiger partial charge in [-0.25, -0.2) is 9.67 Å². The van der Waals surface area contributed by atoms with E-state index in [9.17, 15) is 0 Å². The van der Waals surface area contributed by atoms with Crippen LogP contribution >= 0.6 is 0 Å². The van der Waals surface area contributed by atoms with Crippen molar-refractivity contribution in [3.63, 3.8) is 0 Å². The smallest absolute Gasteiger partial charge is 0.150 e. The molecule has 0 aliphatic heterocycles. The molecule has 0 saturated carbocycles. The van der Waals surface area contributed by atoms with E-state index in [4.69, 9.17) is 0 Å². The van der Waals surface area contributed by atoms with Crippen LogP contribution in [0, 0.1) is 0 Å². The molecule has 0 bridgehead atoms. The number of hydrogen-bond acceptors (Lipinski definition) is 3. The highest BCUT2D eigenvalue weighted by Gasteiger charge is 2.05. The number of nitrogens with zero attached hydrogens (tertiary/aromatic N) is 3. The fourth-order valence-corrected chi connectivity index (χ4v) is 1.38. The molecule has 80 valence electrons. The van der Waals surface area contributed by atoms with Crippen molar-refractivity contribution in [2.45, 2.75) is 40.2 Å². The molecular weight excluding hydrogens is 176 g/mol. The Balaban J connectivity index is 2.59. The summed E-state index contributed by atoms with van der Waals surface area (Å²) in [5.74, 6) is 2.05. The van der Waals surface area contributed by atoms with Gasteiger partial charge in [-0.05, 0) is 6.54 Å². The predicted molar refractivity (Wildman–Crippen MR) is 57.3 cm³/mol. The van der Waals surface area contributed by atoms with Gasteiger partial charge in [0.25, 0.3) is 0 Å². The number of rotatable bonds is 6. The van der Waals surface area contributed by atoms with Gasteiger partial charge in [-0.3, -0.25) is 0 Å². The van der Waals surface area contributed by atoms with Crippen molar-refractivity contribution in [3.8, 4) is 0 Å². The predicted octanol–water partition coefficient (Wildman–Crippen LogP) is 1.01. The van der Waals surface area contributed by atoms with E-state index in [0.717, 1.165) is 44.1 Å². The van der Waals surface area contributed by atoms with Crippen LogP contribution in [0.5, 0.6) is 0 Å². The van der Waals surface area contributed by atoms with Gasteiger partial charge in [-0.2, -0.15) is 5.10 Å². The van der Waals surface area contributed by atoms with Crippen molar-refractivity contribution in [1.82, 2.24) is 20.1 Å². The number of nitrogens with one attached hydrogen (secondary N) is 1. The Hall–Kier alpha value is -0.900. The van der Waals surface area contributed by atoms with Crippen LogP contribution < -0.4 is 5.32 Å². The van der Waals surface area contributed by atoms with Gasteiger partial charge in [0.2, 0.25) is 0 Å². The van der Waals surface area contributed by atoms with Gasteiger partial charge in [0.15, 0.2) is 5.82 Å². The first-order chi connectivity index (χ1) is 6.81. The largest absolute Gasteiger partial charge is 0.315 e. The lowest BCUT2D eigenvalue weighted by molar-refractivity contribution is 0.541. The quantitative estimate of drug-likeness (QED) is 0.691. The molecule has 0 fully saturated rings. The van der Waals surface area contributed by atoms with E-state index in [1.807, 2.05) is 4.68 Å². The monoisotopic (exact) mass is 196 g/mol. The molecular formula is C10H20N4. The molecule has 14 heavy (non-hydrogen) atoms. The summed E-state index contributed by atoms with van der Waals surface area (Å²) in [6.45, 7) is 9.22. The average Bonchev–Trinajstić information content (AvgIpc) is 2.61. The van der Waals surface area contributed by atoms with E-state index >= 15 is 0 Å². The third-order valence-corrected chi connectivity index (χ3v) is 2.18. The number of aryl methyl sites for hydroxylation is 2. The van der Waals surface area contributed by atoms with Gasteiger partial charge >= 0.3 is 0 Å². The van der Waals surface area contributed by atoms with Crippen LogP contribution in [0.3, 0.4) is 0 Å². The standard InChI is InChI=1S/C10H20N4/c1-4-9-12-10(5-2)14(13-9)8-7-11-6-3/h11H,4-8H2,1-3H3. The third-order valence-electron chi connectivity index (χ3n) is 2.18. The van der Waals surface area contributed by atoms with Gasteiger partial charge in [0, 0.05) is 19.4 Å². The lowest BCUT2D eigenvalue weighted by atomic mass is 10.4. The lowest BCUT2D eigenvalue weighted by Crippen LogP contribution is -2.21. The summed E-state index contributed by atoms with van der Waals surface area (Å²) in [6, 6.07) is 0. The maximum absolute atomic E-state index is 4.45. The normalized spacial score (nSPS) is 10.8. The van der Waals surface area contributed by atoms with Crippen LogP contribution in [0.15, 0.2) is 0 Å². The zero-order valence-electron chi connectivity index (χ0n) is 9.38. The van der Waals surface area contributed by atoms with Gasteiger partial charge in [-0.15, -0.1) is 0 Å². The first kappa shape index (κ1) is 11.2. The Bertz CT molecular complexity index is 267. The van der Waals surface area contributed by atoms with E-state index in [0.29, 0.717) is 0 Å². The fourth-order valence-electron chi connectivity index (χ4n) is 1.38. The van der Waals surface area contributed by atoms with Crippen LogP contribution in [0.25, 0.3) is 0 Å². The lowest BCUT2D eigenvalue weighted by Gasteiger charge is -2.04. The molecule has 0 radical (unpaired) electrons. The second kappa shape index (κ2) is 5.75. The summed E-state index contributed by atoms with van der Waals surface area (Å²) in [5.41, 5.74) is 0. The van der Waals surface area contributed by atoms with Crippen molar-refractivity contribution in [1.29, 1.82) is 0 Å². The molecule has 1 N–H and O–H groups in total. The molecule has 4 nitrogen and oxygen atoms in total. The summed E-state index contributed by atoms with van der Waals surface area (Å²) in [6.07, 6.45) is 1.88. The number of likely N-dealkylation sites (N-methyl/N-ethyl adjacent to an activating group) is 1. The molecule has 0 atom stereocenters. The minimum absolute atomic E-state index is 0.918. The molecule has 1 aromatic rings. The highest BCUT2D eigenvalue weighted by atomic mass is 15.3. The van der Waals surface area contributed by atoms with Gasteiger partial charge in [-0.1, -0.05) is 20.8 Å². The number of hydrogen-bond donors (Lipinski definition) is 1. The minimum atomic E-state index is 0.918. The van der Waals surface area contributed by atoms with E-state index in [2.05, 4.69) is 36.2 Å². The van der Waals surface area contributed by atoms with Crippen LogP contribution in [0.1, 0.15) is 32.4 Å². The maximum atomic E-state index is 4.45. The molecule has 1 heterocycles. The SMILES string of the molecule is CCNCCn1nc(CC)nc1CC. The average molecular weight is 196 g/mol. The Labute approximate surface area is 85.7 Å². The van der Waals surface area contributed by atoms with Crippen molar-refractivity contribution >= 4 is 0 Å². The summed E-state index contributed by atoms with van der Waals surface area (Å²) < 4.78 is 2.02. The Morgan fingerprint density at radius 2 is 2.00 bits per heavy atom. The first-order valence-corrected chi connectivity index (χ1v) is 5.45. The second-order valence-electron chi connectivity index (χ2n) is 3.23. The van der Waals surface area contributed by atoms with Crippen LogP contribution in [0.2, 0.25) is 0 Å².